The van der Waals surface area contributed by atoms with Gasteiger partial charge < -0.3 is 11.1 Å². The number of aromatic nitrogens is 1. The van der Waals surface area contributed by atoms with Crippen molar-refractivity contribution in [1.82, 2.24) is 4.98 Å². The first-order valence-electron chi connectivity index (χ1n) is 4.78. The van der Waals surface area contributed by atoms with Gasteiger partial charge in [0.15, 0.2) is 0 Å². The number of carbonyl (C=O) groups is 1. The minimum atomic E-state index is -0.571. The van der Waals surface area contributed by atoms with Crippen molar-refractivity contribution in [1.29, 1.82) is 0 Å². The molecular formula is C10H14FN3O. The molecule has 0 fully saturated rings. The minimum absolute atomic E-state index is 0.140. The predicted octanol–water partition coefficient (Wildman–Crippen LogP) is 1.29. The van der Waals surface area contributed by atoms with E-state index in [0.717, 1.165) is 6.42 Å². The molecule has 4 nitrogen and oxygen atoms in total. The summed E-state index contributed by atoms with van der Waals surface area (Å²) in [6.07, 6.45) is 2.27. The topological polar surface area (TPSA) is 68.0 Å². The molecule has 0 aliphatic carbocycles. The molecule has 1 amide bonds. The van der Waals surface area contributed by atoms with Crippen molar-refractivity contribution >= 4 is 11.6 Å². The van der Waals surface area contributed by atoms with E-state index in [1.807, 2.05) is 6.92 Å². The number of pyridine rings is 1. The Hall–Kier alpha value is -1.49. The summed E-state index contributed by atoms with van der Waals surface area (Å²) in [4.78, 5) is 14.8. The van der Waals surface area contributed by atoms with E-state index in [4.69, 9.17) is 5.73 Å². The summed E-state index contributed by atoms with van der Waals surface area (Å²) in [5.74, 6) is -0.754. The Kier molecular flexibility index (Phi) is 4.17. The highest BCUT2D eigenvalue weighted by molar-refractivity contribution is 5.90. The SMILES string of the molecule is CCC(N)CC(=O)Nc1ccc(F)nc1. The van der Waals surface area contributed by atoms with Crippen molar-refractivity contribution < 1.29 is 9.18 Å². The molecule has 0 aromatic carbocycles. The van der Waals surface area contributed by atoms with Gasteiger partial charge in [-0.1, -0.05) is 6.92 Å². The van der Waals surface area contributed by atoms with E-state index in [1.165, 1.54) is 18.3 Å². The van der Waals surface area contributed by atoms with E-state index in [2.05, 4.69) is 10.3 Å². The maximum atomic E-state index is 12.4. The molecule has 1 atom stereocenters. The Morgan fingerprint density at radius 2 is 2.40 bits per heavy atom. The molecule has 3 N–H and O–H groups in total. The van der Waals surface area contributed by atoms with Crippen molar-refractivity contribution in [2.75, 3.05) is 5.32 Å². The Morgan fingerprint density at radius 3 is 2.93 bits per heavy atom. The second-order valence-corrected chi connectivity index (χ2v) is 3.29. The summed E-state index contributed by atoms with van der Waals surface area (Å²) in [5.41, 5.74) is 6.09. The number of nitrogens with one attached hydrogen (secondary N) is 1. The van der Waals surface area contributed by atoms with Crippen LogP contribution in [0.5, 0.6) is 0 Å². The molecule has 0 spiro atoms. The fraction of sp³-hybridized carbons (Fsp3) is 0.400. The minimum Gasteiger partial charge on any atom is -0.327 e. The third-order valence-electron chi connectivity index (χ3n) is 1.98. The highest BCUT2D eigenvalue weighted by atomic mass is 19.1. The summed E-state index contributed by atoms with van der Waals surface area (Å²) in [6.45, 7) is 1.91. The molecule has 1 heterocycles. The van der Waals surface area contributed by atoms with Crippen molar-refractivity contribution in [3.05, 3.63) is 24.3 Å². The van der Waals surface area contributed by atoms with Gasteiger partial charge in [-0.05, 0) is 18.6 Å². The summed E-state index contributed by atoms with van der Waals surface area (Å²) >= 11 is 0. The molecule has 0 radical (unpaired) electrons. The number of anilines is 1. The second-order valence-electron chi connectivity index (χ2n) is 3.29. The van der Waals surface area contributed by atoms with E-state index in [0.29, 0.717) is 5.69 Å². The average Bonchev–Trinajstić information content (AvgIpc) is 2.21. The van der Waals surface area contributed by atoms with Crippen molar-refractivity contribution in [3.8, 4) is 0 Å². The van der Waals surface area contributed by atoms with Crippen molar-refractivity contribution in [2.45, 2.75) is 25.8 Å². The van der Waals surface area contributed by atoms with Crippen LogP contribution in [-0.2, 0) is 4.79 Å². The molecule has 1 aromatic heterocycles. The van der Waals surface area contributed by atoms with Gasteiger partial charge in [-0.25, -0.2) is 4.98 Å². The monoisotopic (exact) mass is 211 g/mol. The van der Waals surface area contributed by atoms with Gasteiger partial charge in [-0.2, -0.15) is 4.39 Å². The van der Waals surface area contributed by atoms with Gasteiger partial charge in [-0.3, -0.25) is 4.79 Å². The quantitative estimate of drug-likeness (QED) is 0.737. The summed E-state index contributed by atoms with van der Waals surface area (Å²) < 4.78 is 12.4. The lowest BCUT2D eigenvalue weighted by Crippen LogP contribution is -2.26. The molecule has 15 heavy (non-hydrogen) atoms. The predicted molar refractivity (Wildman–Crippen MR) is 55.7 cm³/mol. The zero-order chi connectivity index (χ0) is 11.3. The van der Waals surface area contributed by atoms with Gasteiger partial charge in [0.2, 0.25) is 11.9 Å². The second kappa shape index (κ2) is 5.41. The lowest BCUT2D eigenvalue weighted by molar-refractivity contribution is -0.116. The van der Waals surface area contributed by atoms with E-state index in [9.17, 15) is 9.18 Å². The van der Waals surface area contributed by atoms with Crippen LogP contribution in [0.2, 0.25) is 0 Å². The fourth-order valence-corrected chi connectivity index (χ4v) is 1.04. The molecule has 0 bridgehead atoms. The number of nitrogens with two attached hydrogens (primary N) is 1. The zero-order valence-electron chi connectivity index (χ0n) is 8.53. The van der Waals surface area contributed by atoms with Crippen LogP contribution in [0.4, 0.5) is 10.1 Å². The molecule has 82 valence electrons. The van der Waals surface area contributed by atoms with Crippen LogP contribution in [-0.4, -0.2) is 16.9 Å². The Labute approximate surface area is 87.7 Å². The first kappa shape index (κ1) is 11.6. The van der Waals surface area contributed by atoms with Crippen LogP contribution in [0, 0.1) is 5.95 Å². The normalized spacial score (nSPS) is 12.2. The summed E-state index contributed by atoms with van der Waals surface area (Å²) in [6, 6.07) is 2.51. The number of rotatable bonds is 4. The first-order valence-corrected chi connectivity index (χ1v) is 4.78. The van der Waals surface area contributed by atoms with Crippen LogP contribution in [0.25, 0.3) is 0 Å². The summed E-state index contributed by atoms with van der Waals surface area (Å²) in [7, 11) is 0. The van der Waals surface area contributed by atoms with Crippen LogP contribution < -0.4 is 11.1 Å². The van der Waals surface area contributed by atoms with Crippen LogP contribution in [0.15, 0.2) is 18.3 Å². The average molecular weight is 211 g/mol. The number of amides is 1. The van der Waals surface area contributed by atoms with Crippen molar-refractivity contribution in [2.24, 2.45) is 5.73 Å². The Balaban J connectivity index is 2.48. The third-order valence-corrected chi connectivity index (χ3v) is 1.98. The molecule has 0 saturated carbocycles. The molecule has 1 unspecified atom stereocenters. The standard InChI is InChI=1S/C10H14FN3O/c1-2-7(12)5-10(15)14-8-3-4-9(11)13-6-8/h3-4,6-7H,2,5,12H2,1H3,(H,14,15). The first-order chi connectivity index (χ1) is 7.11. The van der Waals surface area contributed by atoms with Gasteiger partial charge in [0.05, 0.1) is 11.9 Å². The highest BCUT2D eigenvalue weighted by Crippen LogP contribution is 2.06. The molecule has 0 aliphatic heterocycles. The van der Waals surface area contributed by atoms with Gasteiger partial charge in [0, 0.05) is 12.5 Å². The number of hydrogen-bond donors (Lipinski definition) is 2. The van der Waals surface area contributed by atoms with E-state index in [1.54, 1.807) is 0 Å². The highest BCUT2D eigenvalue weighted by Gasteiger charge is 2.07. The Morgan fingerprint density at radius 1 is 1.67 bits per heavy atom. The number of hydrogen-bond acceptors (Lipinski definition) is 3. The van der Waals surface area contributed by atoms with Crippen LogP contribution in [0.1, 0.15) is 19.8 Å². The van der Waals surface area contributed by atoms with Gasteiger partial charge in [-0.15, -0.1) is 0 Å². The third kappa shape index (κ3) is 4.03. The summed E-state index contributed by atoms with van der Waals surface area (Å²) in [5, 5.41) is 2.59. The van der Waals surface area contributed by atoms with Crippen LogP contribution >= 0.6 is 0 Å². The molecule has 0 saturated heterocycles. The smallest absolute Gasteiger partial charge is 0.225 e. The Bertz CT molecular complexity index is 326. The molecule has 1 rings (SSSR count). The van der Waals surface area contributed by atoms with E-state index >= 15 is 0 Å². The van der Waals surface area contributed by atoms with E-state index in [-0.39, 0.29) is 18.4 Å². The van der Waals surface area contributed by atoms with Gasteiger partial charge in [0.1, 0.15) is 0 Å². The molecule has 5 heteroatoms. The largest absolute Gasteiger partial charge is 0.327 e. The van der Waals surface area contributed by atoms with Crippen molar-refractivity contribution in [3.63, 3.8) is 0 Å². The lowest BCUT2D eigenvalue weighted by atomic mass is 10.1. The number of carbonyl (C=O) groups excluding carboxylic acids is 1. The maximum absolute atomic E-state index is 12.4. The van der Waals surface area contributed by atoms with Gasteiger partial charge >= 0.3 is 0 Å². The van der Waals surface area contributed by atoms with Crippen LogP contribution in [0.3, 0.4) is 0 Å². The number of halogens is 1. The maximum Gasteiger partial charge on any atom is 0.225 e. The molecule has 0 aliphatic rings. The van der Waals surface area contributed by atoms with Gasteiger partial charge in [0.25, 0.3) is 0 Å². The molecular weight excluding hydrogens is 197 g/mol. The lowest BCUT2D eigenvalue weighted by Gasteiger charge is -2.08. The van der Waals surface area contributed by atoms with E-state index < -0.39 is 5.95 Å². The molecule has 1 aromatic rings. The number of nitrogens with zero attached hydrogens (tertiary/aromatic N) is 1. The zero-order valence-corrected chi connectivity index (χ0v) is 8.53. The fourth-order valence-electron chi connectivity index (χ4n) is 1.04.